The minimum Gasteiger partial charge on any atom is -0.433 e. The molecule has 0 radical (unpaired) electrons. The molecule has 0 aliphatic carbocycles. The van der Waals surface area contributed by atoms with Crippen LogP contribution in [-0.4, -0.2) is 21.1 Å². The number of para-hydroxylation sites is 2. The van der Waals surface area contributed by atoms with E-state index in [2.05, 4.69) is 14.7 Å². The van der Waals surface area contributed by atoms with Crippen LogP contribution in [0.1, 0.15) is 5.56 Å². The Balaban J connectivity index is 2.26. The van der Waals surface area contributed by atoms with Crippen molar-refractivity contribution in [3.63, 3.8) is 0 Å². The first-order chi connectivity index (χ1) is 10.1. The van der Waals surface area contributed by atoms with Crippen LogP contribution in [0.3, 0.4) is 0 Å². The van der Waals surface area contributed by atoms with Crippen LogP contribution in [0.2, 0.25) is 0 Å². The molecular weight excluding hydrogens is 278 g/mol. The van der Waals surface area contributed by atoms with Gasteiger partial charge in [-0.3, -0.25) is 4.57 Å². The van der Waals surface area contributed by atoms with Gasteiger partial charge in [-0.15, -0.1) is 0 Å². The summed E-state index contributed by atoms with van der Waals surface area (Å²) in [5.41, 5.74) is 8.32. The number of aromatic nitrogens is 3. The number of nitrogens with zero attached hydrogens (tertiary/aromatic N) is 3. The van der Waals surface area contributed by atoms with Crippen molar-refractivity contribution >= 4 is 17.1 Å². The molecule has 5 nitrogen and oxygen atoms in total. The van der Waals surface area contributed by atoms with E-state index in [1.54, 1.807) is 30.5 Å². The van der Waals surface area contributed by atoms with E-state index in [0.717, 1.165) is 5.56 Å². The van der Waals surface area contributed by atoms with E-state index in [0.29, 0.717) is 16.9 Å². The lowest BCUT2D eigenvalue weighted by atomic mass is 10.2. The highest BCUT2D eigenvalue weighted by Crippen LogP contribution is 2.30. The molecule has 21 heavy (non-hydrogen) atoms. The number of nitrogen functional groups attached to an aromatic ring is 1. The Morgan fingerprint density at radius 2 is 2.00 bits per heavy atom. The maximum absolute atomic E-state index is 12.5. The zero-order valence-electron chi connectivity index (χ0n) is 11.1. The van der Waals surface area contributed by atoms with Gasteiger partial charge in [-0.25, -0.2) is 9.97 Å². The highest BCUT2D eigenvalue weighted by Gasteiger charge is 2.17. The molecule has 2 heterocycles. The number of imidazole rings is 1. The second-order valence-corrected chi connectivity index (χ2v) is 4.45. The predicted octanol–water partition coefficient (Wildman–Crippen LogP) is 2.91. The third kappa shape index (κ3) is 2.26. The summed E-state index contributed by atoms with van der Waals surface area (Å²) in [7, 11) is 0. The minimum atomic E-state index is -2.92. The van der Waals surface area contributed by atoms with Gasteiger partial charge in [0.15, 0.2) is 5.65 Å². The Morgan fingerprint density at radius 3 is 2.76 bits per heavy atom. The number of benzene rings is 1. The molecule has 1 aromatic carbocycles. The van der Waals surface area contributed by atoms with Gasteiger partial charge in [0.05, 0.1) is 5.69 Å². The van der Waals surface area contributed by atoms with Gasteiger partial charge >= 0.3 is 6.61 Å². The lowest BCUT2D eigenvalue weighted by Crippen LogP contribution is -2.08. The van der Waals surface area contributed by atoms with Gasteiger partial charge < -0.3 is 10.5 Å². The molecule has 0 aliphatic rings. The quantitative estimate of drug-likeness (QED) is 0.805. The molecule has 2 aromatic heterocycles. The second-order valence-electron chi connectivity index (χ2n) is 4.45. The summed E-state index contributed by atoms with van der Waals surface area (Å²) in [5.74, 6) is 0.180. The van der Waals surface area contributed by atoms with Crippen molar-refractivity contribution in [1.29, 1.82) is 0 Å². The fourth-order valence-electron chi connectivity index (χ4n) is 2.19. The molecule has 2 N–H and O–H groups in total. The van der Waals surface area contributed by atoms with Crippen LogP contribution in [0.5, 0.6) is 5.75 Å². The molecule has 0 fully saturated rings. The molecule has 0 aliphatic heterocycles. The summed E-state index contributed by atoms with van der Waals surface area (Å²) >= 11 is 0. The van der Waals surface area contributed by atoms with Crippen LogP contribution in [-0.2, 0) is 0 Å². The summed E-state index contributed by atoms with van der Waals surface area (Å²) in [6.45, 7) is -1.04. The Kier molecular flexibility index (Phi) is 3.17. The predicted molar refractivity (Wildman–Crippen MR) is 74.6 cm³/mol. The number of halogens is 2. The largest absolute Gasteiger partial charge is 0.433 e. The van der Waals surface area contributed by atoms with Crippen molar-refractivity contribution in [3.8, 4) is 11.4 Å². The molecule has 3 rings (SSSR count). The van der Waals surface area contributed by atoms with Crippen LogP contribution in [0.15, 0.2) is 36.5 Å². The van der Waals surface area contributed by atoms with E-state index in [9.17, 15) is 8.78 Å². The fourth-order valence-corrected chi connectivity index (χ4v) is 2.19. The Morgan fingerprint density at radius 1 is 1.24 bits per heavy atom. The monoisotopic (exact) mass is 290 g/mol. The lowest BCUT2D eigenvalue weighted by molar-refractivity contribution is -0.0498. The molecule has 0 saturated carbocycles. The molecule has 0 saturated heterocycles. The standard InChI is InChI=1S/C14H12F2N4O/c1-8-6-7-18-12-11(8)19-14(17)20(12)9-4-2-3-5-10(9)21-13(15)16/h2-7,13H,1H3,(H2,17,19). The summed E-state index contributed by atoms with van der Waals surface area (Å²) in [6.07, 6.45) is 1.62. The van der Waals surface area contributed by atoms with Crippen molar-refractivity contribution in [3.05, 3.63) is 42.1 Å². The topological polar surface area (TPSA) is 66.0 Å². The number of hydrogen-bond donors (Lipinski definition) is 1. The molecule has 0 unspecified atom stereocenters. The number of alkyl halides is 2. The number of aryl methyl sites for hydroxylation is 1. The summed E-state index contributed by atoms with van der Waals surface area (Å²) in [6, 6.07) is 8.19. The third-order valence-corrected chi connectivity index (χ3v) is 3.10. The molecule has 108 valence electrons. The van der Waals surface area contributed by atoms with Crippen molar-refractivity contribution in [2.24, 2.45) is 0 Å². The van der Waals surface area contributed by atoms with Crippen LogP contribution in [0.25, 0.3) is 16.9 Å². The van der Waals surface area contributed by atoms with Crippen molar-refractivity contribution in [2.75, 3.05) is 5.73 Å². The zero-order chi connectivity index (χ0) is 15.0. The van der Waals surface area contributed by atoms with E-state index < -0.39 is 6.61 Å². The van der Waals surface area contributed by atoms with Gasteiger partial charge in [-0.2, -0.15) is 8.78 Å². The molecule has 0 spiro atoms. The number of rotatable bonds is 3. The minimum absolute atomic E-state index is 0.0156. The van der Waals surface area contributed by atoms with Crippen molar-refractivity contribution < 1.29 is 13.5 Å². The first-order valence-electron chi connectivity index (χ1n) is 6.21. The molecule has 0 amide bonds. The van der Waals surface area contributed by atoms with Crippen LogP contribution in [0.4, 0.5) is 14.7 Å². The van der Waals surface area contributed by atoms with E-state index >= 15 is 0 Å². The number of anilines is 1. The second kappa shape index (κ2) is 5.01. The summed E-state index contributed by atoms with van der Waals surface area (Å²) < 4.78 is 31.1. The third-order valence-electron chi connectivity index (χ3n) is 3.10. The normalized spacial score (nSPS) is 11.2. The Bertz CT molecular complexity index is 801. The van der Waals surface area contributed by atoms with Gasteiger partial charge in [0.1, 0.15) is 11.3 Å². The van der Waals surface area contributed by atoms with Crippen molar-refractivity contribution in [1.82, 2.24) is 14.5 Å². The number of nitrogens with two attached hydrogens (primary N) is 1. The van der Waals surface area contributed by atoms with Gasteiger partial charge in [0, 0.05) is 6.20 Å². The molecule has 0 bridgehead atoms. The lowest BCUT2D eigenvalue weighted by Gasteiger charge is -2.12. The number of fused-ring (bicyclic) bond motifs is 1. The molecule has 0 atom stereocenters. The van der Waals surface area contributed by atoms with Gasteiger partial charge in [0.25, 0.3) is 0 Å². The maximum atomic E-state index is 12.5. The Labute approximate surface area is 119 Å². The fraction of sp³-hybridized carbons (Fsp3) is 0.143. The van der Waals surface area contributed by atoms with Crippen LogP contribution < -0.4 is 10.5 Å². The zero-order valence-corrected chi connectivity index (χ0v) is 11.1. The highest BCUT2D eigenvalue weighted by atomic mass is 19.3. The van der Waals surface area contributed by atoms with Crippen LogP contribution in [0, 0.1) is 6.92 Å². The van der Waals surface area contributed by atoms with Crippen molar-refractivity contribution in [2.45, 2.75) is 13.5 Å². The van der Waals surface area contributed by atoms with E-state index in [-0.39, 0.29) is 11.7 Å². The van der Waals surface area contributed by atoms with Gasteiger partial charge in [-0.05, 0) is 30.7 Å². The Hall–Kier alpha value is -2.70. The number of hydrogen-bond acceptors (Lipinski definition) is 4. The molecule has 7 heteroatoms. The average Bonchev–Trinajstić information content (AvgIpc) is 2.77. The number of pyridine rings is 1. The van der Waals surface area contributed by atoms with Gasteiger partial charge in [0.2, 0.25) is 5.95 Å². The first-order valence-corrected chi connectivity index (χ1v) is 6.21. The smallest absolute Gasteiger partial charge is 0.387 e. The first kappa shape index (κ1) is 13.3. The SMILES string of the molecule is Cc1ccnc2c1nc(N)n2-c1ccccc1OC(F)F. The molecular formula is C14H12F2N4O. The number of ether oxygens (including phenoxy) is 1. The van der Waals surface area contributed by atoms with Gasteiger partial charge in [-0.1, -0.05) is 12.1 Å². The van der Waals surface area contributed by atoms with E-state index in [1.807, 2.05) is 6.92 Å². The average molecular weight is 290 g/mol. The summed E-state index contributed by atoms with van der Waals surface area (Å²) in [5, 5.41) is 0. The summed E-state index contributed by atoms with van der Waals surface area (Å²) in [4.78, 5) is 8.48. The molecule has 3 aromatic rings. The van der Waals surface area contributed by atoms with E-state index in [4.69, 9.17) is 5.73 Å². The van der Waals surface area contributed by atoms with E-state index in [1.165, 1.54) is 10.6 Å². The van der Waals surface area contributed by atoms with Crippen LogP contribution >= 0.6 is 0 Å². The highest BCUT2D eigenvalue weighted by molar-refractivity contribution is 5.80. The maximum Gasteiger partial charge on any atom is 0.387 e.